The highest BCUT2D eigenvalue weighted by Crippen LogP contribution is 2.35. The van der Waals surface area contributed by atoms with Crippen LogP contribution in [-0.2, 0) is 6.61 Å². The molecule has 6 heteroatoms. The molecule has 34 heavy (non-hydrogen) atoms. The van der Waals surface area contributed by atoms with Crippen LogP contribution in [0.25, 0.3) is 17.0 Å². The number of benzene rings is 3. The summed E-state index contributed by atoms with van der Waals surface area (Å²) in [5.41, 5.74) is 5.23. The van der Waals surface area contributed by atoms with Crippen LogP contribution in [0.1, 0.15) is 27.2 Å². The Kier molecular flexibility index (Phi) is 5.67. The third-order valence-corrected chi connectivity index (χ3v) is 5.65. The van der Waals surface area contributed by atoms with Crippen LogP contribution in [0, 0.1) is 18.3 Å². The van der Waals surface area contributed by atoms with E-state index < -0.39 is 5.97 Å². The number of pyridine rings is 1. The van der Waals surface area contributed by atoms with Crippen LogP contribution < -0.4 is 14.8 Å². The number of nitrogens with one attached hydrogen (secondary N) is 1. The van der Waals surface area contributed by atoms with Crippen molar-refractivity contribution in [3.05, 3.63) is 101 Å². The maximum absolute atomic E-state index is 12.9. The Morgan fingerprint density at radius 2 is 1.97 bits per heavy atom. The summed E-state index contributed by atoms with van der Waals surface area (Å²) in [4.78, 5) is 17.5. The van der Waals surface area contributed by atoms with Gasteiger partial charge in [-0.1, -0.05) is 36.4 Å². The van der Waals surface area contributed by atoms with Gasteiger partial charge in [-0.25, -0.2) is 9.78 Å². The molecule has 1 aliphatic heterocycles. The van der Waals surface area contributed by atoms with Crippen molar-refractivity contribution in [1.82, 2.24) is 4.98 Å². The number of para-hydroxylation sites is 1. The number of carbonyl (C=O) groups excluding carboxylic acids is 1. The molecule has 0 amide bonds. The quantitative estimate of drug-likeness (QED) is 0.313. The number of carbonyl (C=O) groups is 1. The molecular formula is C28H21N3O3. The van der Waals surface area contributed by atoms with E-state index >= 15 is 0 Å². The number of ether oxygens (including phenoxy) is 2. The third-order valence-electron chi connectivity index (χ3n) is 5.65. The molecule has 0 saturated carbocycles. The number of aromatic nitrogens is 1. The second kappa shape index (κ2) is 9.08. The molecular weight excluding hydrogens is 426 g/mol. The van der Waals surface area contributed by atoms with Gasteiger partial charge < -0.3 is 14.8 Å². The van der Waals surface area contributed by atoms with Crippen molar-refractivity contribution in [2.75, 3.05) is 11.9 Å². The van der Waals surface area contributed by atoms with Crippen molar-refractivity contribution >= 4 is 28.6 Å². The van der Waals surface area contributed by atoms with Gasteiger partial charge in [-0.05, 0) is 55.0 Å². The molecule has 0 bridgehead atoms. The van der Waals surface area contributed by atoms with Gasteiger partial charge in [0, 0.05) is 22.2 Å². The molecule has 0 atom stereocenters. The van der Waals surface area contributed by atoms with E-state index in [1.54, 1.807) is 36.4 Å². The summed E-state index contributed by atoms with van der Waals surface area (Å²) in [6, 6.07) is 24.5. The maximum Gasteiger partial charge on any atom is 0.343 e. The van der Waals surface area contributed by atoms with Crippen LogP contribution in [0.4, 0.5) is 5.69 Å². The van der Waals surface area contributed by atoms with E-state index in [0.717, 1.165) is 27.8 Å². The molecule has 1 aliphatic rings. The van der Waals surface area contributed by atoms with Crippen LogP contribution in [0.5, 0.6) is 11.5 Å². The Balaban J connectivity index is 1.32. The number of aryl methyl sites for hydroxylation is 1. The smallest absolute Gasteiger partial charge is 0.343 e. The molecule has 2 heterocycles. The van der Waals surface area contributed by atoms with E-state index in [1.165, 1.54) is 0 Å². The van der Waals surface area contributed by atoms with Crippen molar-refractivity contribution in [3.63, 3.8) is 0 Å². The van der Waals surface area contributed by atoms with E-state index in [4.69, 9.17) is 9.47 Å². The molecule has 6 nitrogen and oxygen atoms in total. The van der Waals surface area contributed by atoms with E-state index in [0.29, 0.717) is 34.7 Å². The molecule has 0 radical (unpaired) electrons. The molecule has 4 aromatic rings. The highest BCUT2D eigenvalue weighted by atomic mass is 16.5. The first-order valence-corrected chi connectivity index (χ1v) is 10.9. The van der Waals surface area contributed by atoms with Crippen molar-refractivity contribution in [3.8, 4) is 17.6 Å². The monoisotopic (exact) mass is 447 g/mol. The van der Waals surface area contributed by atoms with Crippen LogP contribution in [0.2, 0.25) is 0 Å². The number of hydrogen-bond donors (Lipinski definition) is 1. The fourth-order valence-electron chi connectivity index (χ4n) is 3.87. The minimum Gasteiger partial charge on any atom is -0.487 e. The minimum atomic E-state index is -0.502. The Bertz CT molecular complexity index is 1480. The first kappa shape index (κ1) is 21.2. The van der Waals surface area contributed by atoms with Gasteiger partial charge in [0.05, 0.1) is 29.4 Å². The van der Waals surface area contributed by atoms with Gasteiger partial charge in [-0.3, -0.25) is 0 Å². The predicted molar refractivity (Wildman–Crippen MR) is 131 cm³/mol. The van der Waals surface area contributed by atoms with Gasteiger partial charge in [0.25, 0.3) is 0 Å². The number of hydrogen-bond acceptors (Lipinski definition) is 6. The Morgan fingerprint density at radius 3 is 2.85 bits per heavy atom. The summed E-state index contributed by atoms with van der Waals surface area (Å²) < 4.78 is 11.6. The number of nitriles is 1. The summed E-state index contributed by atoms with van der Waals surface area (Å²) in [5.74, 6) is 0.443. The lowest BCUT2D eigenvalue weighted by molar-refractivity contribution is 0.0734. The van der Waals surface area contributed by atoms with Crippen molar-refractivity contribution in [2.45, 2.75) is 13.5 Å². The number of nitrogens with zero attached hydrogens (tertiary/aromatic N) is 2. The first-order valence-electron chi connectivity index (χ1n) is 10.9. The third kappa shape index (κ3) is 4.32. The summed E-state index contributed by atoms with van der Waals surface area (Å²) in [5, 5.41) is 13.6. The molecule has 0 fully saturated rings. The summed E-state index contributed by atoms with van der Waals surface area (Å²) in [6.45, 7) is 2.70. The number of rotatable bonds is 5. The second-order valence-corrected chi connectivity index (χ2v) is 8.01. The molecule has 5 rings (SSSR count). The molecule has 3 aromatic carbocycles. The lowest BCUT2D eigenvalue weighted by Gasteiger charge is -2.20. The highest BCUT2D eigenvalue weighted by molar-refractivity contribution is 5.93. The van der Waals surface area contributed by atoms with Crippen molar-refractivity contribution in [2.24, 2.45) is 0 Å². The molecule has 0 unspecified atom stereocenters. The summed E-state index contributed by atoms with van der Waals surface area (Å²) in [6.07, 6.45) is 1.76. The number of fused-ring (bicyclic) bond motifs is 2. The van der Waals surface area contributed by atoms with Gasteiger partial charge in [0.15, 0.2) is 0 Å². The normalized spacial score (nSPS) is 12.2. The van der Waals surface area contributed by atoms with Gasteiger partial charge in [0.1, 0.15) is 18.1 Å². The Hall–Kier alpha value is -4.63. The molecule has 0 spiro atoms. The van der Waals surface area contributed by atoms with Gasteiger partial charge in [-0.15, -0.1) is 0 Å². The van der Waals surface area contributed by atoms with E-state index in [9.17, 15) is 10.1 Å². The lowest BCUT2D eigenvalue weighted by Crippen LogP contribution is -2.14. The van der Waals surface area contributed by atoms with Crippen LogP contribution in [0.3, 0.4) is 0 Å². The largest absolute Gasteiger partial charge is 0.487 e. The lowest BCUT2D eigenvalue weighted by atomic mass is 10.0. The average molecular weight is 447 g/mol. The summed E-state index contributed by atoms with van der Waals surface area (Å²) >= 11 is 0. The van der Waals surface area contributed by atoms with Gasteiger partial charge >= 0.3 is 5.97 Å². The van der Waals surface area contributed by atoms with E-state index in [-0.39, 0.29) is 6.61 Å². The van der Waals surface area contributed by atoms with E-state index in [2.05, 4.69) is 16.4 Å². The SMILES string of the molecule is Cc1ccc(OC(=O)c2cccc(OCc3ccc4ccccc4n3)c2)c2c1NCC(C#N)=C2. The molecule has 1 aromatic heterocycles. The zero-order valence-corrected chi connectivity index (χ0v) is 18.5. The minimum absolute atomic E-state index is 0.280. The molecule has 166 valence electrons. The van der Waals surface area contributed by atoms with Crippen LogP contribution in [-0.4, -0.2) is 17.5 Å². The van der Waals surface area contributed by atoms with Crippen molar-refractivity contribution in [1.29, 1.82) is 5.26 Å². The zero-order valence-electron chi connectivity index (χ0n) is 18.5. The standard InChI is InChI=1S/C28H21N3O3/c1-18-9-12-26(24-13-19(15-29)16-30-27(18)24)34-28(32)21-6-4-7-23(14-21)33-17-22-11-10-20-5-2-3-8-25(20)31-22/h2-14,30H,16-17H2,1H3. The fourth-order valence-corrected chi connectivity index (χ4v) is 3.87. The molecule has 0 saturated heterocycles. The highest BCUT2D eigenvalue weighted by Gasteiger charge is 2.19. The first-order chi connectivity index (χ1) is 16.6. The number of anilines is 1. The fraction of sp³-hybridized carbons (Fsp3) is 0.107. The Morgan fingerprint density at radius 1 is 1.09 bits per heavy atom. The number of esters is 1. The second-order valence-electron chi connectivity index (χ2n) is 8.01. The van der Waals surface area contributed by atoms with Gasteiger partial charge in [0.2, 0.25) is 0 Å². The van der Waals surface area contributed by atoms with Crippen molar-refractivity contribution < 1.29 is 14.3 Å². The average Bonchev–Trinajstić information content (AvgIpc) is 2.89. The van der Waals surface area contributed by atoms with Gasteiger partial charge in [-0.2, -0.15) is 5.26 Å². The maximum atomic E-state index is 12.9. The van der Waals surface area contributed by atoms with Crippen LogP contribution in [0.15, 0.2) is 78.4 Å². The van der Waals surface area contributed by atoms with Crippen LogP contribution >= 0.6 is 0 Å². The molecule has 1 N–H and O–H groups in total. The zero-order chi connectivity index (χ0) is 23.5. The summed E-state index contributed by atoms with van der Waals surface area (Å²) in [7, 11) is 0. The topological polar surface area (TPSA) is 84.2 Å². The van der Waals surface area contributed by atoms with E-state index in [1.807, 2.05) is 49.4 Å². The molecule has 0 aliphatic carbocycles. The predicted octanol–water partition coefficient (Wildman–Crippen LogP) is 5.67. The Labute approximate surface area is 197 Å².